The Kier molecular flexibility index (Phi) is 6.05. The molecule has 1 aliphatic heterocycles. The zero-order chi connectivity index (χ0) is 18.0. The monoisotopic (exact) mass is 576 g/mol. The van der Waals surface area contributed by atoms with Crippen LogP contribution in [0.25, 0.3) is 6.08 Å². The minimum Gasteiger partial charge on any atom is -0.506 e. The number of phenolic OH excluding ortho intramolecular Hbond substituents is 1. The number of rotatable bonds is 3. The van der Waals surface area contributed by atoms with Crippen molar-refractivity contribution < 1.29 is 9.90 Å². The van der Waals surface area contributed by atoms with Crippen molar-refractivity contribution in [1.29, 1.82) is 0 Å². The first-order valence-electron chi connectivity index (χ1n) is 7.53. The van der Waals surface area contributed by atoms with Crippen LogP contribution in [0.2, 0.25) is 0 Å². The number of carbonyl (C=O) groups excluding carboxylic acids is 1. The molecule has 25 heavy (non-hydrogen) atoms. The number of aromatic hydroxyl groups is 1. The number of nitrogens with one attached hydrogen (secondary N) is 1. The number of hydrogen-bond donors (Lipinski definition) is 2. The van der Waals surface area contributed by atoms with Gasteiger partial charge in [-0.05, 0) is 99.3 Å². The van der Waals surface area contributed by atoms with Gasteiger partial charge in [0.05, 0.1) is 14.2 Å². The maximum atomic E-state index is 12.2. The topological polar surface area (TPSA) is 61.7 Å². The summed E-state index contributed by atoms with van der Waals surface area (Å²) in [5.41, 5.74) is 2.67. The zero-order valence-corrected chi connectivity index (χ0v) is 18.3. The highest BCUT2D eigenvalue weighted by molar-refractivity contribution is 14.1. The van der Waals surface area contributed by atoms with Crippen LogP contribution in [0.1, 0.15) is 18.1 Å². The maximum Gasteiger partial charge on any atom is 0.264 e. The van der Waals surface area contributed by atoms with E-state index >= 15 is 0 Å². The number of nitrogens with zero attached hydrogens (tertiary/aromatic N) is 1. The molecule has 3 rings (SSSR count). The maximum absolute atomic E-state index is 12.2. The van der Waals surface area contributed by atoms with E-state index in [1.165, 1.54) is 17.3 Å². The van der Waals surface area contributed by atoms with Gasteiger partial charge >= 0.3 is 0 Å². The molecule has 4 nitrogen and oxygen atoms in total. The van der Waals surface area contributed by atoms with Gasteiger partial charge in [-0.2, -0.15) is 0 Å². The minimum absolute atomic E-state index is 0.183. The average Bonchev–Trinajstić information content (AvgIpc) is 2.92. The van der Waals surface area contributed by atoms with E-state index in [0.717, 1.165) is 19.2 Å². The number of amides is 1. The van der Waals surface area contributed by atoms with E-state index < -0.39 is 0 Å². The minimum atomic E-state index is -0.206. The van der Waals surface area contributed by atoms with Gasteiger partial charge in [-0.25, -0.2) is 4.99 Å². The first-order chi connectivity index (χ1) is 12.0. The molecular weight excluding hydrogens is 562 g/mol. The molecule has 1 amide bonds. The van der Waals surface area contributed by atoms with Gasteiger partial charge < -0.3 is 10.4 Å². The van der Waals surface area contributed by atoms with Gasteiger partial charge in [0.25, 0.3) is 5.91 Å². The van der Waals surface area contributed by atoms with E-state index in [2.05, 4.69) is 62.4 Å². The second-order valence-corrected chi connectivity index (χ2v) is 8.77. The van der Waals surface area contributed by atoms with Gasteiger partial charge in [0.1, 0.15) is 5.75 Å². The summed E-state index contributed by atoms with van der Waals surface area (Å²) < 4.78 is 1.75. The first-order valence-corrected chi connectivity index (χ1v) is 10.5. The normalized spacial score (nSPS) is 17.3. The van der Waals surface area contributed by atoms with Crippen molar-refractivity contribution in [1.82, 2.24) is 5.32 Å². The highest BCUT2D eigenvalue weighted by Crippen LogP contribution is 2.33. The molecule has 0 unspecified atom stereocenters. The van der Waals surface area contributed by atoms with Crippen LogP contribution < -0.4 is 5.32 Å². The van der Waals surface area contributed by atoms with E-state index in [1.54, 1.807) is 6.08 Å². The second-order valence-electron chi connectivity index (χ2n) is 5.33. The summed E-state index contributed by atoms with van der Waals surface area (Å²) in [5.74, 6) is -0.0235. The summed E-state index contributed by atoms with van der Waals surface area (Å²) in [6, 6.07) is 11.7. The summed E-state index contributed by atoms with van der Waals surface area (Å²) in [6.07, 6.45) is 2.68. The predicted octanol–water partition coefficient (Wildman–Crippen LogP) is 5.06. The molecule has 0 saturated carbocycles. The van der Waals surface area contributed by atoms with Crippen LogP contribution in [0.3, 0.4) is 0 Å². The summed E-state index contributed by atoms with van der Waals surface area (Å²) in [6.45, 7) is 2.10. The number of aliphatic imine (C=N–C) groups is 1. The molecular formula is C18H14I2N2O2S. The molecule has 0 aliphatic carbocycles. The summed E-state index contributed by atoms with van der Waals surface area (Å²) >= 11 is 5.54. The van der Waals surface area contributed by atoms with E-state index in [-0.39, 0.29) is 11.7 Å². The highest BCUT2D eigenvalue weighted by atomic mass is 127. The third-order valence-electron chi connectivity index (χ3n) is 3.57. The molecule has 2 N–H and O–H groups in total. The van der Waals surface area contributed by atoms with Crippen molar-refractivity contribution in [2.24, 2.45) is 4.99 Å². The highest BCUT2D eigenvalue weighted by Gasteiger charge is 2.24. The van der Waals surface area contributed by atoms with Crippen molar-refractivity contribution in [3.05, 3.63) is 59.6 Å². The van der Waals surface area contributed by atoms with Crippen LogP contribution in [0.5, 0.6) is 5.75 Å². The molecule has 2 aromatic carbocycles. The molecule has 1 saturated heterocycles. The lowest BCUT2D eigenvalue weighted by molar-refractivity contribution is -0.115. The second kappa shape index (κ2) is 8.09. The number of carbonyl (C=O) groups is 1. The number of benzene rings is 2. The van der Waals surface area contributed by atoms with Crippen molar-refractivity contribution in [2.75, 3.05) is 0 Å². The van der Waals surface area contributed by atoms with Crippen molar-refractivity contribution in [3.8, 4) is 5.75 Å². The summed E-state index contributed by atoms with van der Waals surface area (Å²) in [5, 5.41) is 13.5. The summed E-state index contributed by atoms with van der Waals surface area (Å²) in [7, 11) is 0. The fourth-order valence-corrected chi connectivity index (χ4v) is 4.96. The van der Waals surface area contributed by atoms with Crippen LogP contribution in [0.15, 0.2) is 46.3 Å². The molecule has 2 aromatic rings. The molecule has 0 radical (unpaired) electrons. The van der Waals surface area contributed by atoms with E-state index in [0.29, 0.717) is 15.6 Å². The van der Waals surface area contributed by atoms with Crippen LogP contribution in [0, 0.1) is 7.14 Å². The average molecular weight is 576 g/mol. The van der Waals surface area contributed by atoms with Crippen molar-refractivity contribution >= 4 is 79.8 Å². The number of amidine groups is 1. The van der Waals surface area contributed by atoms with Gasteiger partial charge in [-0.15, -0.1) is 0 Å². The van der Waals surface area contributed by atoms with Crippen LogP contribution in [0.4, 0.5) is 5.69 Å². The number of halogens is 2. The fraction of sp³-hybridized carbons (Fsp3) is 0.111. The zero-order valence-electron chi connectivity index (χ0n) is 13.2. The molecule has 0 atom stereocenters. The molecule has 1 heterocycles. The number of phenols is 1. The Morgan fingerprint density at radius 2 is 1.96 bits per heavy atom. The smallest absolute Gasteiger partial charge is 0.264 e. The third-order valence-corrected chi connectivity index (χ3v) is 5.93. The predicted molar refractivity (Wildman–Crippen MR) is 120 cm³/mol. The van der Waals surface area contributed by atoms with Crippen LogP contribution in [-0.4, -0.2) is 16.2 Å². The lowest BCUT2D eigenvalue weighted by Gasteiger charge is -2.03. The number of hydrogen-bond acceptors (Lipinski definition) is 4. The Morgan fingerprint density at radius 3 is 2.64 bits per heavy atom. The largest absolute Gasteiger partial charge is 0.506 e. The van der Waals surface area contributed by atoms with Gasteiger partial charge in [0.15, 0.2) is 5.17 Å². The standard InChI is InChI=1S/C18H14I2N2O2S/c1-2-10-3-5-13(6-4-10)21-18-22-17(24)15(25-18)8-11-7-12(19)9-14(20)16(11)23/h3-9,23H,2H2,1H3,(H,21,22,24)/b15-8-. The van der Waals surface area contributed by atoms with Crippen molar-refractivity contribution in [2.45, 2.75) is 13.3 Å². The Labute approximate surface area is 177 Å². The molecule has 0 aromatic heterocycles. The van der Waals surface area contributed by atoms with Crippen LogP contribution >= 0.6 is 56.9 Å². The molecule has 1 aliphatic rings. The Hall–Kier alpha value is -1.07. The molecule has 0 bridgehead atoms. The van der Waals surface area contributed by atoms with E-state index in [9.17, 15) is 9.90 Å². The Bertz CT molecular complexity index is 893. The molecule has 7 heteroatoms. The van der Waals surface area contributed by atoms with Gasteiger partial charge in [0, 0.05) is 9.13 Å². The Morgan fingerprint density at radius 1 is 1.24 bits per heavy atom. The third kappa shape index (κ3) is 4.56. The number of thioether (sulfide) groups is 1. The molecule has 128 valence electrons. The number of aryl methyl sites for hydroxylation is 1. The van der Waals surface area contributed by atoms with E-state index in [1.807, 2.05) is 36.4 Å². The fourth-order valence-electron chi connectivity index (χ4n) is 2.24. The molecule has 1 fully saturated rings. The van der Waals surface area contributed by atoms with Gasteiger partial charge in [0.2, 0.25) is 0 Å². The van der Waals surface area contributed by atoms with Gasteiger partial charge in [-0.1, -0.05) is 19.1 Å². The SMILES string of the molecule is CCc1ccc(N=C2NC(=O)/C(=C/c3cc(I)cc(I)c3O)S2)cc1. The lowest BCUT2D eigenvalue weighted by atomic mass is 10.2. The molecule has 0 spiro atoms. The van der Waals surface area contributed by atoms with E-state index in [4.69, 9.17) is 0 Å². The van der Waals surface area contributed by atoms with Crippen LogP contribution in [-0.2, 0) is 11.2 Å². The first kappa shape index (κ1) is 18.7. The Balaban J connectivity index is 1.86. The summed E-state index contributed by atoms with van der Waals surface area (Å²) in [4.78, 5) is 17.2. The van der Waals surface area contributed by atoms with Gasteiger partial charge in [-0.3, -0.25) is 4.79 Å². The lowest BCUT2D eigenvalue weighted by Crippen LogP contribution is -2.19. The van der Waals surface area contributed by atoms with Crippen molar-refractivity contribution in [3.63, 3.8) is 0 Å². The quantitative estimate of drug-likeness (QED) is 0.397.